The molecule has 0 spiro atoms. The fraction of sp³-hybridized carbons (Fsp3) is 0.571. The number of nitrogen functional groups attached to an aromatic ring is 1. The molecule has 1 aliphatic rings. The van der Waals surface area contributed by atoms with E-state index in [-0.39, 0.29) is 17.1 Å². The maximum absolute atomic E-state index is 13.8. The molecule has 1 atom stereocenters. The molecular formula is C14H21FN2O2S. The third-order valence-corrected chi connectivity index (χ3v) is 5.40. The van der Waals surface area contributed by atoms with Crippen LogP contribution >= 0.6 is 0 Å². The van der Waals surface area contributed by atoms with Crippen molar-refractivity contribution >= 4 is 15.7 Å². The Kier molecular flexibility index (Phi) is 4.07. The fourth-order valence-corrected chi connectivity index (χ4v) is 4.35. The molecule has 0 aromatic heterocycles. The molecule has 20 heavy (non-hydrogen) atoms. The van der Waals surface area contributed by atoms with Crippen LogP contribution in [0.4, 0.5) is 10.1 Å². The summed E-state index contributed by atoms with van der Waals surface area (Å²) in [4.78, 5) is -0.441. The van der Waals surface area contributed by atoms with Gasteiger partial charge in [-0.25, -0.2) is 17.5 Å². The van der Waals surface area contributed by atoms with E-state index in [2.05, 4.69) is 18.6 Å². The third-order valence-electron chi connectivity index (χ3n) is 3.79. The minimum absolute atomic E-state index is 0.0624. The zero-order valence-electron chi connectivity index (χ0n) is 11.8. The van der Waals surface area contributed by atoms with Gasteiger partial charge < -0.3 is 5.73 Å². The first-order chi connectivity index (χ1) is 9.21. The van der Waals surface area contributed by atoms with Gasteiger partial charge in [-0.1, -0.05) is 26.3 Å². The highest BCUT2D eigenvalue weighted by Crippen LogP contribution is 2.36. The highest BCUT2D eigenvalue weighted by Gasteiger charge is 2.32. The molecule has 1 aliphatic carbocycles. The Morgan fingerprint density at radius 1 is 1.40 bits per heavy atom. The van der Waals surface area contributed by atoms with E-state index in [1.54, 1.807) is 0 Å². The molecule has 3 N–H and O–H groups in total. The van der Waals surface area contributed by atoms with Crippen LogP contribution in [0.2, 0.25) is 0 Å². The number of hydrogen-bond acceptors (Lipinski definition) is 3. The number of nitrogens with one attached hydrogen (secondary N) is 1. The lowest BCUT2D eigenvalue weighted by atomic mass is 9.75. The predicted octanol–water partition coefficient (Wildman–Crippen LogP) is 2.66. The molecule has 1 fully saturated rings. The van der Waals surface area contributed by atoms with Gasteiger partial charge in [-0.2, -0.15) is 0 Å². The van der Waals surface area contributed by atoms with Crippen LogP contribution in [0.3, 0.4) is 0 Å². The molecule has 1 aromatic carbocycles. The lowest BCUT2D eigenvalue weighted by Crippen LogP contribution is -2.41. The summed E-state index contributed by atoms with van der Waals surface area (Å²) in [6.45, 7) is 4.23. The number of sulfonamides is 1. The molecule has 1 aromatic rings. The normalized spacial score (nSPS) is 22.6. The van der Waals surface area contributed by atoms with Crippen LogP contribution in [0, 0.1) is 11.2 Å². The number of anilines is 1. The van der Waals surface area contributed by atoms with Crippen molar-refractivity contribution in [3.63, 3.8) is 0 Å². The molecule has 2 rings (SSSR count). The van der Waals surface area contributed by atoms with E-state index in [4.69, 9.17) is 5.73 Å². The summed E-state index contributed by atoms with van der Waals surface area (Å²) < 4.78 is 41.0. The van der Waals surface area contributed by atoms with Crippen LogP contribution in [0.1, 0.15) is 39.5 Å². The van der Waals surface area contributed by atoms with Crippen molar-refractivity contribution in [3.05, 3.63) is 24.0 Å². The van der Waals surface area contributed by atoms with Gasteiger partial charge in [0.1, 0.15) is 10.7 Å². The Labute approximate surface area is 119 Å². The van der Waals surface area contributed by atoms with Crippen molar-refractivity contribution in [1.29, 1.82) is 0 Å². The second-order valence-corrected chi connectivity index (χ2v) is 7.89. The summed E-state index contributed by atoms with van der Waals surface area (Å²) in [7, 11) is -3.92. The number of halogens is 1. The van der Waals surface area contributed by atoms with Gasteiger partial charge in [0.2, 0.25) is 10.0 Å². The number of benzene rings is 1. The molecule has 112 valence electrons. The third kappa shape index (κ3) is 3.30. The Hall–Kier alpha value is -1.14. The van der Waals surface area contributed by atoms with Gasteiger partial charge in [0, 0.05) is 6.04 Å². The van der Waals surface area contributed by atoms with Crippen LogP contribution in [0.5, 0.6) is 0 Å². The average Bonchev–Trinajstić information content (AvgIpc) is 2.25. The van der Waals surface area contributed by atoms with E-state index < -0.39 is 20.7 Å². The Balaban J connectivity index is 2.24. The van der Waals surface area contributed by atoms with E-state index in [9.17, 15) is 12.8 Å². The Morgan fingerprint density at radius 3 is 2.70 bits per heavy atom. The highest BCUT2D eigenvalue weighted by atomic mass is 32.2. The van der Waals surface area contributed by atoms with E-state index in [1.165, 1.54) is 12.1 Å². The molecule has 0 amide bonds. The van der Waals surface area contributed by atoms with Crippen LogP contribution < -0.4 is 10.5 Å². The lowest BCUT2D eigenvalue weighted by molar-refractivity contribution is 0.212. The summed E-state index contributed by atoms with van der Waals surface area (Å²) in [6, 6.07) is 3.73. The maximum Gasteiger partial charge on any atom is 0.245 e. The zero-order chi connectivity index (χ0) is 15.0. The first-order valence-corrected chi connectivity index (χ1v) is 8.26. The molecule has 0 radical (unpaired) electrons. The SMILES string of the molecule is CC1(C)CCCC(NS(=O)(=O)c2c(N)cccc2F)C1. The Morgan fingerprint density at radius 2 is 2.10 bits per heavy atom. The smallest absolute Gasteiger partial charge is 0.245 e. The van der Waals surface area contributed by atoms with Crippen LogP contribution in [-0.2, 0) is 10.0 Å². The highest BCUT2D eigenvalue weighted by molar-refractivity contribution is 7.89. The van der Waals surface area contributed by atoms with Gasteiger partial charge in [0.15, 0.2) is 0 Å². The minimum atomic E-state index is -3.92. The fourth-order valence-electron chi connectivity index (χ4n) is 2.89. The number of hydrogen-bond donors (Lipinski definition) is 2. The van der Waals surface area contributed by atoms with Gasteiger partial charge in [-0.05, 0) is 36.8 Å². The maximum atomic E-state index is 13.8. The Bertz CT molecular complexity index is 579. The summed E-state index contributed by atoms with van der Waals surface area (Å²) in [6.07, 6.45) is 3.57. The van der Waals surface area contributed by atoms with Gasteiger partial charge >= 0.3 is 0 Å². The molecule has 0 aliphatic heterocycles. The molecule has 0 heterocycles. The molecule has 4 nitrogen and oxygen atoms in total. The van der Waals surface area contributed by atoms with Gasteiger partial charge in [0.25, 0.3) is 0 Å². The predicted molar refractivity (Wildman–Crippen MR) is 77.2 cm³/mol. The second-order valence-electron chi connectivity index (χ2n) is 6.24. The summed E-state index contributed by atoms with van der Waals surface area (Å²) in [5.41, 5.74) is 5.65. The largest absolute Gasteiger partial charge is 0.398 e. The molecule has 0 saturated heterocycles. The standard InChI is InChI=1S/C14H21FN2O2S/c1-14(2)8-4-5-10(9-14)17-20(18,19)13-11(15)6-3-7-12(13)16/h3,6-7,10,17H,4-5,8-9,16H2,1-2H3. The van der Waals surface area contributed by atoms with Gasteiger partial charge in [-0.3, -0.25) is 0 Å². The first kappa shape index (κ1) is 15.3. The molecule has 0 bridgehead atoms. The van der Waals surface area contributed by atoms with Crippen molar-refractivity contribution in [2.45, 2.75) is 50.5 Å². The zero-order valence-corrected chi connectivity index (χ0v) is 12.6. The van der Waals surface area contributed by atoms with Gasteiger partial charge in [-0.15, -0.1) is 0 Å². The minimum Gasteiger partial charge on any atom is -0.398 e. The average molecular weight is 300 g/mol. The number of rotatable bonds is 3. The number of nitrogens with two attached hydrogens (primary N) is 1. The van der Waals surface area contributed by atoms with E-state index in [0.29, 0.717) is 0 Å². The monoisotopic (exact) mass is 300 g/mol. The van der Waals surface area contributed by atoms with Crippen molar-refractivity contribution < 1.29 is 12.8 Å². The summed E-state index contributed by atoms with van der Waals surface area (Å²) in [5.74, 6) is -0.812. The summed E-state index contributed by atoms with van der Waals surface area (Å²) >= 11 is 0. The molecule has 6 heteroatoms. The topological polar surface area (TPSA) is 72.2 Å². The van der Waals surface area contributed by atoms with Crippen LogP contribution in [0.15, 0.2) is 23.1 Å². The van der Waals surface area contributed by atoms with Crippen LogP contribution in [-0.4, -0.2) is 14.5 Å². The second kappa shape index (κ2) is 5.33. The van der Waals surface area contributed by atoms with E-state index in [1.807, 2.05) is 0 Å². The van der Waals surface area contributed by atoms with E-state index in [0.717, 1.165) is 31.7 Å². The first-order valence-electron chi connectivity index (χ1n) is 6.78. The van der Waals surface area contributed by atoms with Crippen LogP contribution in [0.25, 0.3) is 0 Å². The lowest BCUT2D eigenvalue weighted by Gasteiger charge is -2.35. The van der Waals surface area contributed by atoms with E-state index >= 15 is 0 Å². The van der Waals surface area contributed by atoms with Crippen molar-refractivity contribution in [2.75, 3.05) is 5.73 Å². The van der Waals surface area contributed by atoms with Crippen molar-refractivity contribution in [2.24, 2.45) is 5.41 Å². The van der Waals surface area contributed by atoms with Crippen molar-refractivity contribution in [1.82, 2.24) is 4.72 Å². The quantitative estimate of drug-likeness (QED) is 0.843. The van der Waals surface area contributed by atoms with Gasteiger partial charge in [0.05, 0.1) is 5.69 Å². The van der Waals surface area contributed by atoms with Crippen molar-refractivity contribution in [3.8, 4) is 0 Å². The molecule has 1 unspecified atom stereocenters. The molecular weight excluding hydrogens is 279 g/mol. The molecule has 1 saturated carbocycles. The summed E-state index contributed by atoms with van der Waals surface area (Å²) in [5, 5.41) is 0.